The molecule has 3 rings (SSSR count). The SMILES string of the molecule is CCN(CC(=O)NCc1ccc(F)cc1)C(=O)CCn1cnc2sccc2c1=O. The summed E-state index contributed by atoms with van der Waals surface area (Å²) in [6.07, 6.45) is 1.54. The first-order valence-electron chi connectivity index (χ1n) is 9.19. The molecule has 0 aliphatic rings. The number of nitrogens with zero attached hydrogens (tertiary/aromatic N) is 3. The van der Waals surface area contributed by atoms with Gasteiger partial charge in [-0.15, -0.1) is 11.3 Å². The van der Waals surface area contributed by atoms with Gasteiger partial charge in [0.15, 0.2) is 0 Å². The van der Waals surface area contributed by atoms with Gasteiger partial charge in [-0.05, 0) is 36.1 Å². The van der Waals surface area contributed by atoms with Crippen LogP contribution in [0.2, 0.25) is 0 Å². The monoisotopic (exact) mass is 416 g/mol. The van der Waals surface area contributed by atoms with Gasteiger partial charge >= 0.3 is 0 Å². The number of aryl methyl sites for hydroxylation is 1. The van der Waals surface area contributed by atoms with Gasteiger partial charge < -0.3 is 10.2 Å². The largest absolute Gasteiger partial charge is 0.350 e. The Kier molecular flexibility index (Phi) is 6.71. The number of carbonyl (C=O) groups excluding carboxylic acids is 2. The van der Waals surface area contributed by atoms with E-state index in [4.69, 9.17) is 0 Å². The van der Waals surface area contributed by atoms with Gasteiger partial charge in [0, 0.05) is 26.1 Å². The number of benzene rings is 1. The van der Waals surface area contributed by atoms with Crippen molar-refractivity contribution >= 4 is 33.4 Å². The number of thiophene rings is 1. The molecule has 0 unspecified atom stereocenters. The minimum Gasteiger partial charge on any atom is -0.350 e. The number of halogens is 1. The molecule has 0 saturated heterocycles. The van der Waals surface area contributed by atoms with Crippen LogP contribution in [-0.2, 0) is 22.7 Å². The average Bonchev–Trinajstić information content (AvgIpc) is 3.20. The highest BCUT2D eigenvalue weighted by Crippen LogP contribution is 2.13. The Hall–Kier alpha value is -3.07. The summed E-state index contributed by atoms with van der Waals surface area (Å²) in [4.78, 5) is 43.4. The predicted octanol–water partition coefficient (Wildman–Crippen LogP) is 2.15. The first-order chi connectivity index (χ1) is 14.0. The lowest BCUT2D eigenvalue weighted by atomic mass is 10.2. The maximum Gasteiger partial charge on any atom is 0.262 e. The molecule has 0 atom stereocenters. The lowest BCUT2D eigenvalue weighted by Crippen LogP contribution is -2.41. The second kappa shape index (κ2) is 9.42. The first-order valence-corrected chi connectivity index (χ1v) is 10.1. The van der Waals surface area contributed by atoms with Crippen molar-refractivity contribution < 1.29 is 14.0 Å². The van der Waals surface area contributed by atoms with Crippen LogP contribution in [0.3, 0.4) is 0 Å². The van der Waals surface area contributed by atoms with Crippen LogP contribution >= 0.6 is 11.3 Å². The zero-order valence-electron chi connectivity index (χ0n) is 15.9. The van der Waals surface area contributed by atoms with Gasteiger partial charge in [-0.25, -0.2) is 9.37 Å². The van der Waals surface area contributed by atoms with Crippen LogP contribution < -0.4 is 10.9 Å². The molecule has 0 bridgehead atoms. The highest BCUT2D eigenvalue weighted by molar-refractivity contribution is 7.16. The molecule has 2 heterocycles. The van der Waals surface area contributed by atoms with E-state index in [0.29, 0.717) is 16.8 Å². The number of likely N-dealkylation sites (N-methyl/N-ethyl adjacent to an activating group) is 1. The van der Waals surface area contributed by atoms with Crippen molar-refractivity contribution in [2.45, 2.75) is 26.4 Å². The number of amides is 2. The molecular formula is C20H21FN4O3S. The Bertz CT molecular complexity index is 1060. The molecule has 3 aromatic rings. The van der Waals surface area contributed by atoms with Crippen molar-refractivity contribution in [3.63, 3.8) is 0 Å². The molecule has 7 nitrogen and oxygen atoms in total. The van der Waals surface area contributed by atoms with E-state index in [1.807, 2.05) is 0 Å². The van der Waals surface area contributed by atoms with Crippen LogP contribution in [0.1, 0.15) is 18.9 Å². The summed E-state index contributed by atoms with van der Waals surface area (Å²) < 4.78 is 14.3. The molecule has 0 aliphatic carbocycles. The van der Waals surface area contributed by atoms with Gasteiger partial charge in [0.05, 0.1) is 18.3 Å². The summed E-state index contributed by atoms with van der Waals surface area (Å²) in [6, 6.07) is 7.56. The summed E-state index contributed by atoms with van der Waals surface area (Å²) >= 11 is 1.39. The summed E-state index contributed by atoms with van der Waals surface area (Å²) in [7, 11) is 0. The molecule has 1 aromatic carbocycles. The zero-order valence-corrected chi connectivity index (χ0v) is 16.7. The van der Waals surface area contributed by atoms with E-state index in [1.165, 1.54) is 39.3 Å². The highest BCUT2D eigenvalue weighted by atomic mass is 32.1. The molecule has 9 heteroatoms. The third-order valence-corrected chi connectivity index (χ3v) is 5.31. The molecular weight excluding hydrogens is 395 g/mol. The number of hydrogen-bond donors (Lipinski definition) is 1. The summed E-state index contributed by atoms with van der Waals surface area (Å²) in [6.45, 7) is 2.54. The second-order valence-electron chi connectivity index (χ2n) is 6.44. The van der Waals surface area contributed by atoms with Gasteiger partial charge in [0.1, 0.15) is 10.6 Å². The van der Waals surface area contributed by atoms with Gasteiger partial charge in [-0.1, -0.05) is 12.1 Å². The normalized spacial score (nSPS) is 10.8. The fourth-order valence-corrected chi connectivity index (χ4v) is 3.56. The third-order valence-electron chi connectivity index (χ3n) is 4.49. The van der Waals surface area contributed by atoms with Crippen molar-refractivity contribution in [1.29, 1.82) is 0 Å². The van der Waals surface area contributed by atoms with E-state index in [9.17, 15) is 18.8 Å². The van der Waals surface area contributed by atoms with Gasteiger partial charge in [-0.2, -0.15) is 0 Å². The van der Waals surface area contributed by atoms with E-state index in [-0.39, 0.29) is 49.2 Å². The van der Waals surface area contributed by atoms with Gasteiger partial charge in [0.25, 0.3) is 5.56 Å². The molecule has 29 heavy (non-hydrogen) atoms. The Morgan fingerprint density at radius 2 is 2.00 bits per heavy atom. The molecule has 0 radical (unpaired) electrons. The molecule has 0 saturated carbocycles. The fourth-order valence-electron chi connectivity index (χ4n) is 2.84. The number of rotatable bonds is 8. The average molecular weight is 416 g/mol. The van der Waals surface area contributed by atoms with Crippen LogP contribution in [0, 0.1) is 5.82 Å². The predicted molar refractivity (Wildman–Crippen MR) is 109 cm³/mol. The minimum absolute atomic E-state index is 0.0761. The molecule has 0 spiro atoms. The minimum atomic E-state index is -0.338. The summed E-state index contributed by atoms with van der Waals surface area (Å²) in [5, 5.41) is 5.06. The Balaban J connectivity index is 1.52. The van der Waals surface area contributed by atoms with Crippen molar-refractivity contribution in [3.05, 3.63) is 63.8 Å². The fraction of sp³-hybridized carbons (Fsp3) is 0.300. The Morgan fingerprint density at radius 1 is 1.24 bits per heavy atom. The molecule has 0 aliphatic heterocycles. The van der Waals surface area contributed by atoms with Crippen LogP contribution in [0.25, 0.3) is 10.2 Å². The van der Waals surface area contributed by atoms with E-state index >= 15 is 0 Å². The van der Waals surface area contributed by atoms with Crippen LogP contribution in [0.5, 0.6) is 0 Å². The Morgan fingerprint density at radius 3 is 2.72 bits per heavy atom. The summed E-state index contributed by atoms with van der Waals surface area (Å²) in [5.41, 5.74) is 0.592. The number of carbonyl (C=O) groups is 2. The second-order valence-corrected chi connectivity index (χ2v) is 7.34. The van der Waals surface area contributed by atoms with Crippen LogP contribution in [0.4, 0.5) is 4.39 Å². The van der Waals surface area contributed by atoms with E-state index in [1.54, 1.807) is 30.5 Å². The summed E-state index contributed by atoms with van der Waals surface area (Å²) in [5.74, 6) is -0.861. The maximum absolute atomic E-state index is 12.9. The molecule has 2 amide bonds. The molecule has 1 N–H and O–H groups in total. The molecule has 2 aromatic heterocycles. The van der Waals surface area contributed by atoms with E-state index in [2.05, 4.69) is 10.3 Å². The lowest BCUT2D eigenvalue weighted by Gasteiger charge is -2.20. The standard InChI is InChI=1S/C20H21FN4O3S/c1-2-24(12-17(26)22-11-14-3-5-15(21)6-4-14)18(27)7-9-25-13-23-19-16(20(25)28)8-10-29-19/h3-6,8,10,13H,2,7,9,11-12H2,1H3,(H,22,26). The van der Waals surface area contributed by atoms with Gasteiger partial charge in [0.2, 0.25) is 11.8 Å². The molecule has 152 valence electrons. The van der Waals surface area contributed by atoms with Crippen molar-refractivity contribution in [2.24, 2.45) is 0 Å². The van der Waals surface area contributed by atoms with Crippen molar-refractivity contribution in [3.8, 4) is 0 Å². The number of nitrogens with one attached hydrogen (secondary N) is 1. The topological polar surface area (TPSA) is 84.3 Å². The van der Waals surface area contributed by atoms with Crippen LogP contribution in [-0.4, -0.2) is 39.4 Å². The number of hydrogen-bond acceptors (Lipinski definition) is 5. The highest BCUT2D eigenvalue weighted by Gasteiger charge is 2.16. The first kappa shape index (κ1) is 20.7. The number of fused-ring (bicyclic) bond motifs is 1. The molecule has 0 fully saturated rings. The zero-order chi connectivity index (χ0) is 20.8. The number of aromatic nitrogens is 2. The lowest BCUT2D eigenvalue weighted by molar-refractivity contribution is -0.136. The maximum atomic E-state index is 12.9. The van der Waals surface area contributed by atoms with Crippen LogP contribution in [0.15, 0.2) is 46.8 Å². The van der Waals surface area contributed by atoms with Crippen molar-refractivity contribution in [1.82, 2.24) is 19.8 Å². The third kappa shape index (κ3) is 5.26. The van der Waals surface area contributed by atoms with Crippen molar-refractivity contribution in [2.75, 3.05) is 13.1 Å². The smallest absolute Gasteiger partial charge is 0.262 e. The van der Waals surface area contributed by atoms with E-state index < -0.39 is 0 Å². The quantitative estimate of drug-likeness (QED) is 0.610. The Labute approximate surface area is 170 Å². The van der Waals surface area contributed by atoms with Gasteiger partial charge in [-0.3, -0.25) is 19.0 Å². The van der Waals surface area contributed by atoms with E-state index in [0.717, 1.165) is 5.56 Å².